The van der Waals surface area contributed by atoms with Gasteiger partial charge in [0.1, 0.15) is 0 Å². The van der Waals surface area contributed by atoms with Crippen LogP contribution in [0.4, 0.5) is 0 Å². The van der Waals surface area contributed by atoms with Crippen LogP contribution in [0, 0.1) is 0 Å². The van der Waals surface area contributed by atoms with Crippen LogP contribution in [0.3, 0.4) is 0 Å². The zero-order valence-corrected chi connectivity index (χ0v) is 15.0. The van der Waals surface area contributed by atoms with Crippen molar-refractivity contribution in [2.75, 3.05) is 39.8 Å². The van der Waals surface area contributed by atoms with E-state index >= 15 is 0 Å². The van der Waals surface area contributed by atoms with Gasteiger partial charge in [0.2, 0.25) is 0 Å². The topological polar surface area (TPSA) is 42.6 Å². The highest BCUT2D eigenvalue weighted by molar-refractivity contribution is 5.95. The number of aromatic nitrogens is 1. The van der Waals surface area contributed by atoms with Gasteiger partial charge in [-0.05, 0) is 64.7 Å². The molecule has 2 aliphatic heterocycles. The lowest BCUT2D eigenvalue weighted by atomic mass is 10.00. The molecule has 1 atom stereocenters. The number of hydrogen-bond acceptors (Lipinski definition) is 3. The second-order valence-electron chi connectivity index (χ2n) is 7.95. The minimum atomic E-state index is 0.230. The predicted octanol–water partition coefficient (Wildman–Crippen LogP) is 2.13. The molecule has 2 saturated heterocycles. The molecule has 5 nitrogen and oxygen atoms in total. The van der Waals surface area contributed by atoms with Gasteiger partial charge < -0.3 is 14.8 Å². The Morgan fingerprint density at radius 1 is 1.12 bits per heavy atom. The van der Waals surface area contributed by atoms with Crippen LogP contribution in [0.25, 0.3) is 0 Å². The van der Waals surface area contributed by atoms with Crippen LogP contribution in [0.5, 0.6) is 0 Å². The van der Waals surface area contributed by atoms with Gasteiger partial charge in [0.25, 0.3) is 5.91 Å². The van der Waals surface area contributed by atoms with Gasteiger partial charge in [0.15, 0.2) is 0 Å². The number of aromatic amines is 1. The van der Waals surface area contributed by atoms with Crippen LogP contribution >= 0.6 is 0 Å². The molecule has 1 aliphatic carbocycles. The van der Waals surface area contributed by atoms with Crippen molar-refractivity contribution in [2.45, 2.75) is 50.6 Å². The summed E-state index contributed by atoms with van der Waals surface area (Å²) in [6, 6.07) is 3.13. The second-order valence-corrected chi connectivity index (χ2v) is 7.95. The summed E-state index contributed by atoms with van der Waals surface area (Å²) >= 11 is 0. The van der Waals surface area contributed by atoms with Gasteiger partial charge in [-0.25, -0.2) is 0 Å². The van der Waals surface area contributed by atoms with E-state index in [2.05, 4.69) is 33.7 Å². The van der Waals surface area contributed by atoms with Crippen LogP contribution in [-0.4, -0.2) is 77.4 Å². The third-order valence-electron chi connectivity index (χ3n) is 6.12. The normalized spacial score (nSPS) is 27.6. The van der Waals surface area contributed by atoms with Crippen molar-refractivity contribution in [3.05, 3.63) is 23.5 Å². The van der Waals surface area contributed by atoms with E-state index < -0.39 is 0 Å². The molecule has 132 valence electrons. The fourth-order valence-electron chi connectivity index (χ4n) is 4.47. The molecule has 0 spiro atoms. The molecule has 3 aliphatic rings. The highest BCUT2D eigenvalue weighted by Crippen LogP contribution is 2.41. The quantitative estimate of drug-likeness (QED) is 0.923. The van der Waals surface area contributed by atoms with Crippen molar-refractivity contribution in [3.8, 4) is 0 Å². The molecule has 0 radical (unpaired) electrons. The molecule has 1 N–H and O–H groups in total. The summed E-state index contributed by atoms with van der Waals surface area (Å²) in [6.45, 7) is 7.43. The Kier molecular flexibility index (Phi) is 4.39. The number of rotatable bonds is 3. The van der Waals surface area contributed by atoms with E-state index in [1.807, 2.05) is 12.3 Å². The monoisotopic (exact) mass is 330 g/mol. The summed E-state index contributed by atoms with van der Waals surface area (Å²) in [5, 5.41) is 0. The van der Waals surface area contributed by atoms with E-state index in [4.69, 9.17) is 0 Å². The maximum atomic E-state index is 13.0. The third-order valence-corrected chi connectivity index (χ3v) is 6.12. The Balaban J connectivity index is 1.39. The molecular formula is C19H30N4O. The van der Waals surface area contributed by atoms with E-state index in [9.17, 15) is 4.79 Å². The predicted molar refractivity (Wildman–Crippen MR) is 95.4 cm³/mol. The molecule has 5 heteroatoms. The summed E-state index contributed by atoms with van der Waals surface area (Å²) < 4.78 is 0. The van der Waals surface area contributed by atoms with Crippen molar-refractivity contribution in [1.82, 2.24) is 19.7 Å². The number of carbonyl (C=O) groups is 1. The number of carbonyl (C=O) groups excluding carboxylic acids is 1. The second kappa shape index (κ2) is 6.52. The number of H-pyrrole nitrogens is 1. The molecule has 24 heavy (non-hydrogen) atoms. The van der Waals surface area contributed by atoms with Gasteiger partial charge in [-0.15, -0.1) is 0 Å². The van der Waals surface area contributed by atoms with Gasteiger partial charge in [0.05, 0.1) is 5.56 Å². The third kappa shape index (κ3) is 3.11. The van der Waals surface area contributed by atoms with Gasteiger partial charge in [0, 0.05) is 43.6 Å². The van der Waals surface area contributed by atoms with Crippen LogP contribution < -0.4 is 0 Å². The summed E-state index contributed by atoms with van der Waals surface area (Å²) in [7, 11) is 2.21. The first-order valence-corrected chi connectivity index (χ1v) is 9.54. The van der Waals surface area contributed by atoms with Crippen molar-refractivity contribution >= 4 is 5.91 Å². The summed E-state index contributed by atoms with van der Waals surface area (Å²) in [5.41, 5.74) is 2.09. The minimum absolute atomic E-state index is 0.230. The van der Waals surface area contributed by atoms with E-state index in [-0.39, 0.29) is 5.91 Å². The standard InChI is InChI=1S/C19H30N4O/c1-14-13-22(11-12-23(14)16-6-9-21(2)10-7-16)19(24)17-5-8-20-18(17)15-3-4-15/h5,8,14-16,20H,3-4,6-7,9-13H2,1-2H3. The van der Waals surface area contributed by atoms with E-state index in [0.717, 1.165) is 25.2 Å². The number of amides is 1. The molecule has 0 aromatic carbocycles. The van der Waals surface area contributed by atoms with Gasteiger partial charge >= 0.3 is 0 Å². The Labute approximate surface area is 145 Å². The fraction of sp³-hybridized carbons (Fsp3) is 0.737. The lowest BCUT2D eigenvalue weighted by Gasteiger charge is -2.46. The minimum Gasteiger partial charge on any atom is -0.364 e. The highest BCUT2D eigenvalue weighted by Gasteiger charge is 2.35. The van der Waals surface area contributed by atoms with Gasteiger partial charge in [-0.3, -0.25) is 9.69 Å². The molecule has 3 heterocycles. The maximum Gasteiger partial charge on any atom is 0.255 e. The van der Waals surface area contributed by atoms with Crippen molar-refractivity contribution in [2.24, 2.45) is 0 Å². The first kappa shape index (κ1) is 16.2. The molecular weight excluding hydrogens is 300 g/mol. The largest absolute Gasteiger partial charge is 0.364 e. The molecule has 3 fully saturated rings. The summed E-state index contributed by atoms with van der Waals surface area (Å²) in [6.07, 6.45) is 6.90. The molecule has 0 bridgehead atoms. The zero-order valence-electron chi connectivity index (χ0n) is 15.0. The van der Waals surface area contributed by atoms with Crippen molar-refractivity contribution < 1.29 is 4.79 Å². The molecule has 1 saturated carbocycles. The van der Waals surface area contributed by atoms with Crippen LogP contribution in [-0.2, 0) is 0 Å². The van der Waals surface area contributed by atoms with Crippen LogP contribution in [0.1, 0.15) is 54.6 Å². The Bertz CT molecular complexity index is 586. The molecule has 1 unspecified atom stereocenters. The average molecular weight is 330 g/mol. The van der Waals surface area contributed by atoms with E-state index in [1.165, 1.54) is 44.5 Å². The Hall–Kier alpha value is -1.33. The van der Waals surface area contributed by atoms with Gasteiger partial charge in [-0.1, -0.05) is 0 Å². The van der Waals surface area contributed by atoms with Crippen molar-refractivity contribution in [1.29, 1.82) is 0 Å². The van der Waals surface area contributed by atoms with E-state index in [0.29, 0.717) is 18.0 Å². The lowest BCUT2D eigenvalue weighted by molar-refractivity contribution is 0.0227. The molecule has 4 rings (SSSR count). The number of piperidine rings is 1. The van der Waals surface area contributed by atoms with E-state index in [1.54, 1.807) is 0 Å². The first-order valence-electron chi connectivity index (χ1n) is 9.54. The summed E-state index contributed by atoms with van der Waals surface area (Å²) in [4.78, 5) is 23.4. The Morgan fingerprint density at radius 3 is 2.54 bits per heavy atom. The van der Waals surface area contributed by atoms with Crippen LogP contribution in [0.15, 0.2) is 12.3 Å². The number of nitrogens with one attached hydrogen (secondary N) is 1. The molecule has 1 aromatic heterocycles. The zero-order chi connectivity index (χ0) is 16.7. The first-order chi connectivity index (χ1) is 11.6. The number of piperazine rings is 1. The number of hydrogen-bond donors (Lipinski definition) is 1. The number of nitrogens with zero attached hydrogens (tertiary/aromatic N) is 3. The lowest BCUT2D eigenvalue weighted by Crippen LogP contribution is -2.58. The van der Waals surface area contributed by atoms with Crippen LogP contribution in [0.2, 0.25) is 0 Å². The Morgan fingerprint density at radius 2 is 1.88 bits per heavy atom. The smallest absolute Gasteiger partial charge is 0.255 e. The maximum absolute atomic E-state index is 13.0. The fourth-order valence-corrected chi connectivity index (χ4v) is 4.47. The summed E-state index contributed by atoms with van der Waals surface area (Å²) in [5.74, 6) is 0.824. The van der Waals surface area contributed by atoms with Crippen molar-refractivity contribution in [3.63, 3.8) is 0 Å². The molecule has 1 aromatic rings. The SMILES string of the molecule is CC1CN(C(=O)c2cc[nH]c2C2CC2)CCN1C1CCN(C)CC1. The molecule has 1 amide bonds. The number of likely N-dealkylation sites (tertiary alicyclic amines) is 1. The highest BCUT2D eigenvalue weighted by atomic mass is 16.2. The average Bonchev–Trinajstić information content (AvgIpc) is 3.32. The van der Waals surface area contributed by atoms with Gasteiger partial charge in [-0.2, -0.15) is 0 Å².